The van der Waals surface area contributed by atoms with Crippen LogP contribution in [0.15, 0.2) is 48.8 Å². The Morgan fingerprint density at radius 2 is 2.00 bits per heavy atom. The number of hydrogen-bond donors (Lipinski definition) is 3. The van der Waals surface area contributed by atoms with Gasteiger partial charge in [0, 0.05) is 42.2 Å². The summed E-state index contributed by atoms with van der Waals surface area (Å²) in [5.41, 5.74) is 2.77. The van der Waals surface area contributed by atoms with Crippen LogP contribution in [0.4, 0.5) is 10.5 Å². The number of benzene rings is 1. The second-order valence-corrected chi connectivity index (χ2v) is 7.61. The number of carbonyl (C=O) groups excluding carboxylic acids is 2. The molecule has 4 rings (SSSR count). The van der Waals surface area contributed by atoms with Crippen molar-refractivity contribution in [1.82, 2.24) is 20.1 Å². The number of pyridine rings is 1. The van der Waals surface area contributed by atoms with Crippen molar-refractivity contribution < 1.29 is 14.7 Å². The minimum Gasteiger partial charge on any atom is -0.507 e. The summed E-state index contributed by atoms with van der Waals surface area (Å²) in [5.74, 6) is -0.0594. The molecule has 160 valence electrons. The summed E-state index contributed by atoms with van der Waals surface area (Å²) >= 11 is 0. The van der Waals surface area contributed by atoms with Gasteiger partial charge in [-0.25, -0.2) is 4.79 Å². The van der Waals surface area contributed by atoms with Crippen LogP contribution in [0, 0.1) is 0 Å². The summed E-state index contributed by atoms with van der Waals surface area (Å²) in [4.78, 5) is 28.8. The highest BCUT2D eigenvalue weighted by atomic mass is 16.3. The van der Waals surface area contributed by atoms with Crippen molar-refractivity contribution >= 4 is 17.6 Å². The van der Waals surface area contributed by atoms with E-state index in [1.807, 2.05) is 13.0 Å². The number of rotatable bonds is 5. The minimum absolute atomic E-state index is 0.0255. The number of nitrogens with zero attached hydrogens (tertiary/aromatic N) is 3. The number of anilines is 1. The maximum absolute atomic E-state index is 12.5. The van der Waals surface area contributed by atoms with E-state index in [2.05, 4.69) is 20.7 Å². The number of aromatic hydroxyl groups is 1. The molecule has 8 heteroatoms. The molecule has 2 aromatic heterocycles. The molecule has 0 saturated heterocycles. The Morgan fingerprint density at radius 3 is 2.68 bits per heavy atom. The van der Waals surface area contributed by atoms with Crippen LogP contribution in [0.5, 0.6) is 5.75 Å². The fourth-order valence-electron chi connectivity index (χ4n) is 3.95. The Bertz CT molecular complexity index is 1090. The third kappa shape index (κ3) is 4.42. The maximum Gasteiger partial charge on any atom is 0.342 e. The quantitative estimate of drug-likeness (QED) is 0.576. The first-order chi connectivity index (χ1) is 15.1. The Balaban J connectivity index is 1.61. The van der Waals surface area contributed by atoms with Crippen molar-refractivity contribution in [2.24, 2.45) is 0 Å². The molecule has 1 saturated carbocycles. The third-order valence-electron chi connectivity index (χ3n) is 5.49. The van der Waals surface area contributed by atoms with Gasteiger partial charge in [-0.3, -0.25) is 9.78 Å². The van der Waals surface area contributed by atoms with Crippen LogP contribution >= 0.6 is 0 Å². The Kier molecular flexibility index (Phi) is 5.97. The highest BCUT2D eigenvalue weighted by Crippen LogP contribution is 2.37. The largest absolute Gasteiger partial charge is 0.507 e. The van der Waals surface area contributed by atoms with Gasteiger partial charge in [-0.1, -0.05) is 12.8 Å². The normalized spacial score (nSPS) is 13.8. The summed E-state index contributed by atoms with van der Waals surface area (Å²) in [6.07, 6.45) is 7.39. The van der Waals surface area contributed by atoms with Crippen LogP contribution in [-0.2, 0) is 0 Å². The highest BCUT2D eigenvalue weighted by Gasteiger charge is 2.25. The van der Waals surface area contributed by atoms with Gasteiger partial charge in [0.25, 0.3) is 5.91 Å². The number of phenols is 1. The maximum atomic E-state index is 12.5. The minimum atomic E-state index is -0.315. The van der Waals surface area contributed by atoms with Crippen LogP contribution in [0.25, 0.3) is 11.3 Å². The lowest BCUT2D eigenvalue weighted by molar-refractivity contribution is 0.102. The highest BCUT2D eigenvalue weighted by molar-refractivity contribution is 6.04. The van der Waals surface area contributed by atoms with Gasteiger partial charge in [0.1, 0.15) is 5.75 Å². The van der Waals surface area contributed by atoms with E-state index in [9.17, 15) is 14.7 Å². The standard InChI is InChI=1S/C23H25N5O3/c1-2-25-23(31)28-20(15-6-3-4-7-15)13-19(27-28)18-10-9-17(12-21(18)29)26-22(30)16-8-5-11-24-14-16/h5,8-15,29H,2-4,6-7H2,1H3,(H,25,31)(H,26,30). The van der Waals surface area contributed by atoms with E-state index in [4.69, 9.17) is 0 Å². The molecular weight excluding hydrogens is 394 g/mol. The topological polar surface area (TPSA) is 109 Å². The fourth-order valence-corrected chi connectivity index (χ4v) is 3.95. The number of nitrogens with one attached hydrogen (secondary N) is 2. The first kappa shape index (κ1) is 20.6. The zero-order valence-corrected chi connectivity index (χ0v) is 17.3. The average molecular weight is 419 g/mol. The Labute approximate surface area is 180 Å². The van der Waals surface area contributed by atoms with E-state index in [1.165, 1.54) is 16.9 Å². The Hall–Kier alpha value is -3.68. The van der Waals surface area contributed by atoms with Crippen molar-refractivity contribution in [1.29, 1.82) is 0 Å². The first-order valence-corrected chi connectivity index (χ1v) is 10.5. The van der Waals surface area contributed by atoms with Crippen LogP contribution in [0.3, 0.4) is 0 Å². The summed E-state index contributed by atoms with van der Waals surface area (Å²) < 4.78 is 1.42. The monoisotopic (exact) mass is 419 g/mol. The van der Waals surface area contributed by atoms with E-state index in [1.54, 1.807) is 30.5 Å². The zero-order chi connectivity index (χ0) is 21.8. The van der Waals surface area contributed by atoms with Gasteiger partial charge in [-0.2, -0.15) is 9.78 Å². The Morgan fingerprint density at radius 1 is 1.19 bits per heavy atom. The van der Waals surface area contributed by atoms with Gasteiger partial charge in [-0.15, -0.1) is 0 Å². The van der Waals surface area contributed by atoms with Crippen LogP contribution in [-0.4, -0.2) is 38.4 Å². The number of carbonyl (C=O) groups is 2. The van der Waals surface area contributed by atoms with E-state index in [-0.39, 0.29) is 23.6 Å². The molecule has 0 spiro atoms. The number of phenolic OH excluding ortho intramolecular Hbond substituents is 1. The molecule has 3 aromatic rings. The van der Waals surface area contributed by atoms with Crippen molar-refractivity contribution in [3.63, 3.8) is 0 Å². The molecular formula is C23H25N5O3. The number of aromatic nitrogens is 3. The predicted octanol–water partition coefficient (Wildman–Crippen LogP) is 4.14. The summed E-state index contributed by atoms with van der Waals surface area (Å²) in [6, 6.07) is 9.83. The molecule has 1 aromatic carbocycles. The van der Waals surface area contributed by atoms with Gasteiger partial charge in [0.15, 0.2) is 0 Å². The SMILES string of the molecule is CCNC(=O)n1nc(-c2ccc(NC(=O)c3cccnc3)cc2O)cc1C1CCCC1. The van der Waals surface area contributed by atoms with Crippen molar-refractivity contribution in [3.8, 4) is 17.0 Å². The lowest BCUT2D eigenvalue weighted by Gasteiger charge is -2.11. The smallest absolute Gasteiger partial charge is 0.342 e. The molecule has 3 N–H and O–H groups in total. The molecule has 2 heterocycles. The summed E-state index contributed by atoms with van der Waals surface area (Å²) in [7, 11) is 0. The summed E-state index contributed by atoms with van der Waals surface area (Å²) in [6.45, 7) is 2.37. The van der Waals surface area contributed by atoms with E-state index in [0.717, 1.165) is 31.4 Å². The van der Waals surface area contributed by atoms with Crippen molar-refractivity contribution in [3.05, 3.63) is 60.0 Å². The zero-order valence-electron chi connectivity index (χ0n) is 17.3. The van der Waals surface area contributed by atoms with Crippen LogP contribution in [0.2, 0.25) is 0 Å². The molecule has 0 bridgehead atoms. The lowest BCUT2D eigenvalue weighted by Crippen LogP contribution is -2.30. The molecule has 0 aliphatic heterocycles. The van der Waals surface area contributed by atoms with Gasteiger partial charge in [0.05, 0.1) is 17.0 Å². The molecule has 8 nitrogen and oxygen atoms in total. The average Bonchev–Trinajstić information content (AvgIpc) is 3.45. The molecule has 1 aliphatic carbocycles. The van der Waals surface area contributed by atoms with Gasteiger partial charge >= 0.3 is 6.03 Å². The summed E-state index contributed by atoms with van der Waals surface area (Å²) in [5, 5.41) is 20.7. The molecule has 1 aliphatic rings. The van der Waals surface area contributed by atoms with Gasteiger partial charge in [-0.05, 0) is 50.1 Å². The lowest BCUT2D eigenvalue weighted by atomic mass is 10.0. The molecule has 2 amide bonds. The predicted molar refractivity (Wildman–Crippen MR) is 117 cm³/mol. The van der Waals surface area contributed by atoms with Crippen LogP contribution in [0.1, 0.15) is 54.6 Å². The van der Waals surface area contributed by atoms with E-state index < -0.39 is 0 Å². The van der Waals surface area contributed by atoms with Crippen LogP contribution < -0.4 is 10.6 Å². The van der Waals surface area contributed by atoms with Gasteiger partial charge in [0.2, 0.25) is 0 Å². The van der Waals surface area contributed by atoms with Crippen molar-refractivity contribution in [2.45, 2.75) is 38.5 Å². The molecule has 0 radical (unpaired) electrons. The first-order valence-electron chi connectivity index (χ1n) is 10.5. The molecule has 0 atom stereocenters. The van der Waals surface area contributed by atoms with E-state index in [0.29, 0.717) is 29.1 Å². The molecule has 1 fully saturated rings. The fraction of sp³-hybridized carbons (Fsp3) is 0.304. The second kappa shape index (κ2) is 8.99. The second-order valence-electron chi connectivity index (χ2n) is 7.61. The molecule has 0 unspecified atom stereocenters. The van der Waals surface area contributed by atoms with E-state index >= 15 is 0 Å². The third-order valence-corrected chi connectivity index (χ3v) is 5.49. The number of hydrogen-bond acceptors (Lipinski definition) is 5. The molecule has 31 heavy (non-hydrogen) atoms. The number of amides is 2. The van der Waals surface area contributed by atoms with Crippen molar-refractivity contribution in [2.75, 3.05) is 11.9 Å². The van der Waals surface area contributed by atoms with Gasteiger partial charge < -0.3 is 15.7 Å².